The number of nitrogens with zero attached hydrogens (tertiary/aromatic N) is 1. The molecular formula is C17H18N2O2. The second kappa shape index (κ2) is 7.81. The molecule has 0 aromatic heterocycles. The van der Waals surface area contributed by atoms with Crippen LogP contribution in [0.2, 0.25) is 0 Å². The fraction of sp³-hybridized carbons (Fsp3) is 0.235. The van der Waals surface area contributed by atoms with Gasteiger partial charge in [0.1, 0.15) is 11.5 Å². The predicted octanol–water partition coefficient (Wildman–Crippen LogP) is 3.38. The Morgan fingerprint density at radius 1 is 0.810 bits per heavy atom. The monoisotopic (exact) mass is 282 g/mol. The van der Waals surface area contributed by atoms with Gasteiger partial charge in [0.2, 0.25) is 0 Å². The lowest BCUT2D eigenvalue weighted by Crippen LogP contribution is -2.02. The van der Waals surface area contributed by atoms with Crippen LogP contribution in [0, 0.1) is 11.3 Å². The van der Waals surface area contributed by atoms with Crippen molar-refractivity contribution in [3.05, 3.63) is 54.1 Å². The molecule has 0 aliphatic carbocycles. The molecule has 0 aliphatic heterocycles. The predicted molar refractivity (Wildman–Crippen MR) is 82.2 cm³/mol. The molecule has 0 radical (unpaired) electrons. The molecule has 2 aromatic rings. The Morgan fingerprint density at radius 3 is 1.76 bits per heavy atom. The van der Waals surface area contributed by atoms with E-state index < -0.39 is 0 Å². The molecule has 0 fully saturated rings. The molecular weight excluding hydrogens is 264 g/mol. The van der Waals surface area contributed by atoms with Gasteiger partial charge in [0, 0.05) is 5.69 Å². The Kier molecular flexibility index (Phi) is 5.48. The molecule has 21 heavy (non-hydrogen) atoms. The van der Waals surface area contributed by atoms with Crippen LogP contribution in [-0.4, -0.2) is 13.2 Å². The van der Waals surface area contributed by atoms with Gasteiger partial charge in [-0.05, 0) is 61.4 Å². The zero-order chi connectivity index (χ0) is 14.9. The van der Waals surface area contributed by atoms with E-state index in [4.69, 9.17) is 20.5 Å². The fourth-order valence-electron chi connectivity index (χ4n) is 1.77. The third kappa shape index (κ3) is 5.07. The van der Waals surface area contributed by atoms with Gasteiger partial charge >= 0.3 is 0 Å². The SMILES string of the molecule is N#Cc1ccc(OCCCCOc2ccc(N)cc2)cc1. The van der Waals surface area contributed by atoms with Gasteiger partial charge in [0.05, 0.1) is 24.8 Å². The maximum atomic E-state index is 8.70. The highest BCUT2D eigenvalue weighted by Crippen LogP contribution is 2.14. The number of ether oxygens (including phenoxy) is 2. The Morgan fingerprint density at radius 2 is 1.29 bits per heavy atom. The summed E-state index contributed by atoms with van der Waals surface area (Å²) in [4.78, 5) is 0. The van der Waals surface area contributed by atoms with Crippen molar-refractivity contribution < 1.29 is 9.47 Å². The van der Waals surface area contributed by atoms with Crippen LogP contribution in [-0.2, 0) is 0 Å². The number of anilines is 1. The van der Waals surface area contributed by atoms with Gasteiger partial charge in [-0.2, -0.15) is 5.26 Å². The van der Waals surface area contributed by atoms with Crippen LogP contribution in [0.5, 0.6) is 11.5 Å². The molecule has 0 amide bonds. The van der Waals surface area contributed by atoms with Gasteiger partial charge < -0.3 is 15.2 Å². The van der Waals surface area contributed by atoms with E-state index in [1.807, 2.05) is 36.4 Å². The Hall–Kier alpha value is -2.67. The van der Waals surface area contributed by atoms with Gasteiger partial charge in [0.25, 0.3) is 0 Å². The standard InChI is InChI=1S/C17H18N2O2/c18-13-14-3-7-16(8-4-14)20-11-1-2-12-21-17-9-5-15(19)6-10-17/h3-10H,1-2,11-12,19H2. The number of benzene rings is 2. The molecule has 2 aromatic carbocycles. The van der Waals surface area contributed by atoms with Gasteiger partial charge in [0.15, 0.2) is 0 Å². The minimum absolute atomic E-state index is 0.636. The average molecular weight is 282 g/mol. The highest BCUT2D eigenvalue weighted by molar-refractivity contribution is 5.41. The first kappa shape index (κ1) is 14.7. The molecule has 4 nitrogen and oxygen atoms in total. The van der Waals surface area contributed by atoms with E-state index in [1.165, 1.54) is 0 Å². The van der Waals surface area contributed by atoms with Crippen molar-refractivity contribution in [3.63, 3.8) is 0 Å². The quantitative estimate of drug-likeness (QED) is 0.624. The molecule has 0 atom stereocenters. The molecule has 0 heterocycles. The number of hydrogen-bond donors (Lipinski definition) is 1. The number of unbranched alkanes of at least 4 members (excludes halogenated alkanes) is 1. The molecule has 0 saturated carbocycles. The lowest BCUT2D eigenvalue weighted by Gasteiger charge is -2.08. The van der Waals surface area contributed by atoms with Crippen LogP contribution in [0.25, 0.3) is 0 Å². The zero-order valence-electron chi connectivity index (χ0n) is 11.8. The summed E-state index contributed by atoms with van der Waals surface area (Å²) in [6.07, 6.45) is 1.83. The number of nitrogens with two attached hydrogens (primary N) is 1. The fourth-order valence-corrected chi connectivity index (χ4v) is 1.77. The van der Waals surface area contributed by atoms with Gasteiger partial charge in [-0.25, -0.2) is 0 Å². The number of rotatable bonds is 7. The normalized spacial score (nSPS) is 9.86. The van der Waals surface area contributed by atoms with Gasteiger partial charge in [-0.3, -0.25) is 0 Å². The first-order valence-corrected chi connectivity index (χ1v) is 6.89. The third-order valence-corrected chi connectivity index (χ3v) is 2.94. The molecule has 108 valence electrons. The smallest absolute Gasteiger partial charge is 0.119 e. The van der Waals surface area contributed by atoms with Crippen LogP contribution in [0.4, 0.5) is 5.69 Å². The van der Waals surface area contributed by atoms with Crippen molar-refractivity contribution in [3.8, 4) is 17.6 Å². The lowest BCUT2D eigenvalue weighted by atomic mass is 10.2. The summed E-state index contributed by atoms with van der Waals surface area (Å²) in [7, 11) is 0. The van der Waals surface area contributed by atoms with Crippen molar-refractivity contribution in [1.29, 1.82) is 5.26 Å². The van der Waals surface area contributed by atoms with E-state index in [-0.39, 0.29) is 0 Å². The van der Waals surface area contributed by atoms with Crippen molar-refractivity contribution >= 4 is 5.69 Å². The second-order valence-electron chi connectivity index (χ2n) is 4.61. The van der Waals surface area contributed by atoms with Crippen LogP contribution < -0.4 is 15.2 Å². The van der Waals surface area contributed by atoms with Gasteiger partial charge in [-0.1, -0.05) is 0 Å². The van der Waals surface area contributed by atoms with Crippen LogP contribution in [0.3, 0.4) is 0 Å². The molecule has 0 spiro atoms. The highest BCUT2D eigenvalue weighted by atomic mass is 16.5. The van der Waals surface area contributed by atoms with Crippen LogP contribution in [0.15, 0.2) is 48.5 Å². The van der Waals surface area contributed by atoms with E-state index in [9.17, 15) is 0 Å². The largest absolute Gasteiger partial charge is 0.494 e. The van der Waals surface area contributed by atoms with Crippen LogP contribution in [0.1, 0.15) is 18.4 Å². The van der Waals surface area contributed by atoms with E-state index in [0.717, 1.165) is 30.0 Å². The van der Waals surface area contributed by atoms with Crippen molar-refractivity contribution in [2.45, 2.75) is 12.8 Å². The number of nitriles is 1. The maximum absolute atomic E-state index is 8.70. The van der Waals surface area contributed by atoms with Crippen molar-refractivity contribution in [1.82, 2.24) is 0 Å². The average Bonchev–Trinajstić information content (AvgIpc) is 2.53. The molecule has 2 rings (SSSR count). The molecule has 2 N–H and O–H groups in total. The minimum Gasteiger partial charge on any atom is -0.494 e. The second-order valence-corrected chi connectivity index (χ2v) is 4.61. The number of nitrogen functional groups attached to an aromatic ring is 1. The Labute approximate surface area is 124 Å². The Bertz CT molecular complexity index is 586. The molecule has 0 aliphatic rings. The summed E-state index contributed by atoms with van der Waals surface area (Å²) in [5, 5.41) is 8.70. The van der Waals surface area contributed by atoms with E-state index >= 15 is 0 Å². The maximum Gasteiger partial charge on any atom is 0.119 e. The number of hydrogen-bond acceptors (Lipinski definition) is 4. The van der Waals surface area contributed by atoms with Crippen molar-refractivity contribution in [2.75, 3.05) is 18.9 Å². The summed E-state index contributed by atoms with van der Waals surface area (Å²) in [6, 6.07) is 16.6. The zero-order valence-corrected chi connectivity index (χ0v) is 11.8. The van der Waals surface area contributed by atoms with Crippen LogP contribution >= 0.6 is 0 Å². The summed E-state index contributed by atoms with van der Waals surface area (Å²) in [5.41, 5.74) is 6.98. The van der Waals surface area contributed by atoms with E-state index in [0.29, 0.717) is 18.8 Å². The molecule has 0 saturated heterocycles. The third-order valence-electron chi connectivity index (χ3n) is 2.94. The summed E-state index contributed by atoms with van der Waals surface area (Å²) < 4.78 is 11.2. The molecule has 0 bridgehead atoms. The minimum atomic E-state index is 0.636. The van der Waals surface area contributed by atoms with Gasteiger partial charge in [-0.15, -0.1) is 0 Å². The first-order chi connectivity index (χ1) is 10.3. The summed E-state index contributed by atoms with van der Waals surface area (Å²) in [6.45, 7) is 1.29. The summed E-state index contributed by atoms with van der Waals surface area (Å²) in [5.74, 6) is 1.62. The Balaban J connectivity index is 1.59. The first-order valence-electron chi connectivity index (χ1n) is 6.89. The van der Waals surface area contributed by atoms with E-state index in [1.54, 1.807) is 12.1 Å². The topological polar surface area (TPSA) is 68.3 Å². The summed E-state index contributed by atoms with van der Waals surface area (Å²) >= 11 is 0. The highest BCUT2D eigenvalue weighted by Gasteiger charge is 1.96. The lowest BCUT2D eigenvalue weighted by molar-refractivity contribution is 0.266. The molecule has 4 heteroatoms. The van der Waals surface area contributed by atoms with E-state index in [2.05, 4.69) is 6.07 Å². The van der Waals surface area contributed by atoms with Crippen molar-refractivity contribution in [2.24, 2.45) is 0 Å². The molecule has 0 unspecified atom stereocenters.